The lowest BCUT2D eigenvalue weighted by molar-refractivity contribution is -0.132. The largest absolute Gasteiger partial charge is 0.435 e. The van der Waals surface area contributed by atoms with E-state index in [0.29, 0.717) is 26.4 Å². The third-order valence-electron chi connectivity index (χ3n) is 8.43. The number of hydroxylamine groups is 1. The Hall–Kier alpha value is -4.78. The van der Waals surface area contributed by atoms with Crippen molar-refractivity contribution in [1.82, 2.24) is 26.1 Å². The molecule has 4 amide bonds. The normalized spacial score (nSPS) is 11.5. The number of carbonyl (C=O) groups is 4. The van der Waals surface area contributed by atoms with Gasteiger partial charge in [0.2, 0.25) is 17.7 Å². The average Bonchev–Trinajstić information content (AvgIpc) is 3.23. The Kier molecular flexibility index (Phi) is 30.1. The molecule has 0 aliphatic carbocycles. The van der Waals surface area contributed by atoms with Crippen molar-refractivity contribution in [2.75, 3.05) is 79.2 Å². The molecule has 0 bridgehead atoms. The number of carbonyl (C=O) groups excluding carboxylic acids is 4. The number of nitriles is 1. The third kappa shape index (κ3) is 24.9. The van der Waals surface area contributed by atoms with Gasteiger partial charge in [0.15, 0.2) is 0 Å². The van der Waals surface area contributed by atoms with Crippen molar-refractivity contribution in [3.8, 4) is 48.9 Å². The van der Waals surface area contributed by atoms with E-state index in [0.717, 1.165) is 0 Å². The maximum Gasteiger partial charge on any atom is 0.321 e. The van der Waals surface area contributed by atoms with Crippen molar-refractivity contribution in [3.63, 3.8) is 0 Å². The predicted molar refractivity (Wildman–Crippen MR) is 230 cm³/mol. The number of nitrogens with zero attached hydrogens (tertiary/aromatic N) is 2. The summed E-state index contributed by atoms with van der Waals surface area (Å²) in [6.45, 7) is 10.3. The van der Waals surface area contributed by atoms with Gasteiger partial charge >= 0.3 is 8.53 Å². The summed E-state index contributed by atoms with van der Waals surface area (Å²) in [4.78, 5) is 58.8. The molecular weight excluding hydrogens is 807 g/mol. The van der Waals surface area contributed by atoms with Crippen LogP contribution in [0.1, 0.15) is 83.0 Å². The van der Waals surface area contributed by atoms with E-state index in [1.807, 2.05) is 32.4 Å². The van der Waals surface area contributed by atoms with Crippen molar-refractivity contribution in [1.29, 1.82) is 5.26 Å². The zero-order valence-electron chi connectivity index (χ0n) is 36.0. The minimum Gasteiger partial charge on any atom is -0.435 e. The highest BCUT2D eigenvalue weighted by Crippen LogP contribution is 2.47. The van der Waals surface area contributed by atoms with Crippen LogP contribution < -0.4 is 26.0 Å². The minimum atomic E-state index is -1.78. The lowest BCUT2D eigenvalue weighted by Gasteiger charge is -2.36. The van der Waals surface area contributed by atoms with E-state index in [1.54, 1.807) is 24.3 Å². The van der Waals surface area contributed by atoms with E-state index in [-0.39, 0.29) is 133 Å². The Morgan fingerprint density at radius 2 is 1.23 bits per heavy atom. The Labute approximate surface area is 362 Å². The van der Waals surface area contributed by atoms with Crippen LogP contribution in [0.5, 0.6) is 5.75 Å². The summed E-state index contributed by atoms with van der Waals surface area (Å²) in [5.41, 5.74) is 1.16. The summed E-state index contributed by atoms with van der Waals surface area (Å²) in [5.74, 6) is 5.44. The second-order valence-electron chi connectivity index (χ2n) is 13.8. The molecule has 0 spiro atoms. The van der Waals surface area contributed by atoms with E-state index < -0.39 is 25.9 Å². The van der Waals surface area contributed by atoms with Crippen LogP contribution >= 0.6 is 8.53 Å². The fraction of sp³-hybridized carbons (Fsp3) is 0.605. The van der Waals surface area contributed by atoms with E-state index >= 15 is 0 Å². The highest BCUT2D eigenvalue weighted by Gasteiger charge is 2.36. The summed E-state index contributed by atoms with van der Waals surface area (Å²) >= 11 is 0. The number of nitrogens with one attached hydrogen (secondary N) is 4. The van der Waals surface area contributed by atoms with E-state index in [4.69, 9.17) is 52.1 Å². The second-order valence-corrected chi connectivity index (χ2v) is 15.2. The topological polar surface area (TPSA) is 208 Å². The van der Waals surface area contributed by atoms with Gasteiger partial charge in [-0.2, -0.15) is 5.26 Å². The number of rotatable bonds is 35. The van der Waals surface area contributed by atoms with Gasteiger partial charge in [-0.25, -0.2) is 10.2 Å². The molecule has 0 fully saturated rings. The van der Waals surface area contributed by atoms with Crippen molar-refractivity contribution in [2.45, 2.75) is 90.3 Å². The van der Waals surface area contributed by atoms with Crippen LogP contribution in [-0.4, -0.2) is 125 Å². The fourth-order valence-electron chi connectivity index (χ4n) is 5.64. The van der Waals surface area contributed by atoms with Crippen LogP contribution in [0.25, 0.3) is 0 Å². The van der Waals surface area contributed by atoms with Crippen molar-refractivity contribution < 1.29 is 52.0 Å². The standard InChI is InChI=1S/C43H63N6O11P/c1-8-25-54-31-33-56-29-23-45-39(50)16-19-43(21-18-41(52)48-58-27-10-3,20-17-40(51)46-24-30-57-34-32-55-26-9-2)47-42(53)37-14-11-12-15-38(37)60-61(59-28-13-22-44)49(35(4)5)36(6)7/h1-3,11-12,14-15,35-36H,13,16-21,23-34H2,4-7H3,(H,45,50)(H,46,51)(H,47,53)(H,48,52). The molecule has 1 aromatic carbocycles. The van der Waals surface area contributed by atoms with Gasteiger partial charge in [0, 0.05) is 50.0 Å². The summed E-state index contributed by atoms with van der Waals surface area (Å²) in [5, 5.41) is 17.9. The van der Waals surface area contributed by atoms with Gasteiger partial charge in [-0.15, -0.1) is 19.3 Å². The van der Waals surface area contributed by atoms with Crippen LogP contribution in [0.3, 0.4) is 0 Å². The number of benzene rings is 1. The molecule has 1 unspecified atom stereocenters. The molecule has 1 aromatic rings. The molecule has 0 aliphatic rings. The molecular formula is C43H63N6O11P. The number of para-hydroxylation sites is 1. The summed E-state index contributed by atoms with van der Waals surface area (Å²) < 4.78 is 35.9. The first-order chi connectivity index (χ1) is 29.4. The number of amides is 4. The van der Waals surface area contributed by atoms with E-state index in [1.165, 1.54) is 0 Å². The molecule has 18 heteroatoms. The molecule has 61 heavy (non-hydrogen) atoms. The maximum atomic E-state index is 14.5. The van der Waals surface area contributed by atoms with E-state index in [9.17, 15) is 24.4 Å². The number of ether oxygens (including phenoxy) is 4. The monoisotopic (exact) mass is 870 g/mol. The molecule has 336 valence electrons. The zero-order chi connectivity index (χ0) is 45.1. The van der Waals surface area contributed by atoms with Crippen LogP contribution in [0.2, 0.25) is 0 Å². The minimum absolute atomic E-state index is 0.00573. The Bertz CT molecular complexity index is 1560. The Balaban J connectivity index is 3.43. The van der Waals surface area contributed by atoms with Gasteiger partial charge in [0.1, 0.15) is 25.6 Å². The average molecular weight is 871 g/mol. The smallest absolute Gasteiger partial charge is 0.321 e. The summed E-state index contributed by atoms with van der Waals surface area (Å²) in [6, 6.07) is 8.68. The molecule has 0 heterocycles. The van der Waals surface area contributed by atoms with Crippen LogP contribution in [-0.2, 0) is 42.7 Å². The summed E-state index contributed by atoms with van der Waals surface area (Å²) in [6.07, 6.45) is 15.5. The molecule has 1 atom stereocenters. The number of terminal acetylenes is 3. The zero-order valence-corrected chi connectivity index (χ0v) is 36.9. The molecule has 0 saturated carbocycles. The van der Waals surface area contributed by atoms with Gasteiger partial charge in [-0.1, -0.05) is 29.9 Å². The SMILES string of the molecule is C#CCOCCOCCNC(=O)CCC(CCC(=O)NCCOCCOCC#C)(CCC(=O)NOCC#C)NC(=O)c1ccccc1OP(OCCC#N)N(C(C)C)C(C)C. The van der Waals surface area contributed by atoms with Gasteiger partial charge in [-0.3, -0.25) is 24.0 Å². The molecule has 4 N–H and O–H groups in total. The van der Waals surface area contributed by atoms with E-state index in [2.05, 4.69) is 45.3 Å². The Morgan fingerprint density at radius 3 is 1.74 bits per heavy atom. The lowest BCUT2D eigenvalue weighted by Crippen LogP contribution is -2.50. The van der Waals surface area contributed by atoms with Gasteiger partial charge in [0.05, 0.1) is 64.3 Å². The third-order valence-corrected chi connectivity index (χ3v) is 10.5. The first-order valence-electron chi connectivity index (χ1n) is 20.2. The Morgan fingerprint density at radius 1 is 0.721 bits per heavy atom. The van der Waals surface area contributed by atoms with Gasteiger partial charge < -0.3 is 43.9 Å². The molecule has 0 radical (unpaired) electrons. The first kappa shape index (κ1) is 54.2. The molecule has 0 aromatic heterocycles. The first-order valence-corrected chi connectivity index (χ1v) is 21.3. The second kappa shape index (κ2) is 33.9. The molecule has 1 rings (SSSR count). The van der Waals surface area contributed by atoms with Crippen LogP contribution in [0.15, 0.2) is 24.3 Å². The van der Waals surface area contributed by atoms with Crippen LogP contribution in [0.4, 0.5) is 0 Å². The van der Waals surface area contributed by atoms with Crippen molar-refractivity contribution >= 4 is 32.2 Å². The fourth-order valence-corrected chi connectivity index (χ4v) is 7.25. The number of hydrogen-bond donors (Lipinski definition) is 4. The van der Waals surface area contributed by atoms with Crippen molar-refractivity contribution in [2.24, 2.45) is 0 Å². The van der Waals surface area contributed by atoms with Crippen LogP contribution in [0, 0.1) is 48.4 Å². The molecule has 0 saturated heterocycles. The van der Waals surface area contributed by atoms with Gasteiger partial charge in [0.25, 0.3) is 5.91 Å². The molecule has 0 aliphatic heterocycles. The molecule has 17 nitrogen and oxygen atoms in total. The van der Waals surface area contributed by atoms with Crippen molar-refractivity contribution in [3.05, 3.63) is 29.8 Å². The lowest BCUT2D eigenvalue weighted by atomic mass is 9.82. The maximum absolute atomic E-state index is 14.5. The highest BCUT2D eigenvalue weighted by molar-refractivity contribution is 7.45. The predicted octanol–water partition coefficient (Wildman–Crippen LogP) is 3.40. The number of hydrogen-bond acceptors (Lipinski definition) is 13. The summed E-state index contributed by atoms with van der Waals surface area (Å²) in [7, 11) is -1.78. The quantitative estimate of drug-likeness (QED) is 0.0335. The van der Waals surface area contributed by atoms with Gasteiger partial charge in [-0.05, 0) is 59.1 Å². The highest BCUT2D eigenvalue weighted by atomic mass is 31.2.